The van der Waals surface area contributed by atoms with Gasteiger partial charge in [0.25, 0.3) is 0 Å². The fraction of sp³-hybridized carbons (Fsp3) is 0.0714. The number of nitrogens with zero attached hydrogens (tertiary/aromatic N) is 2. The van der Waals surface area contributed by atoms with Crippen molar-refractivity contribution in [3.63, 3.8) is 0 Å². The van der Waals surface area contributed by atoms with Crippen LogP contribution in [0.1, 0.15) is 10.4 Å². The third-order valence-corrected chi connectivity index (χ3v) is 3.73. The van der Waals surface area contributed by atoms with Crippen LogP contribution in [-0.4, -0.2) is 26.7 Å². The first-order valence-corrected chi connectivity index (χ1v) is 7.03. The number of carbonyl (C=O) groups excluding carboxylic acids is 1. The van der Waals surface area contributed by atoms with E-state index in [0.29, 0.717) is 10.7 Å². The van der Waals surface area contributed by atoms with Gasteiger partial charge in [0.05, 0.1) is 5.75 Å². The van der Waals surface area contributed by atoms with Crippen LogP contribution in [0.3, 0.4) is 0 Å². The van der Waals surface area contributed by atoms with Crippen LogP contribution >= 0.6 is 11.8 Å². The number of hydrogen-bond donors (Lipinski definition) is 2. The van der Waals surface area contributed by atoms with Crippen molar-refractivity contribution < 1.29 is 4.79 Å². The Kier molecular flexibility index (Phi) is 3.39. The maximum atomic E-state index is 12.2. The van der Waals surface area contributed by atoms with Gasteiger partial charge in [-0.3, -0.25) is 4.79 Å². The Balaban J connectivity index is 1.75. The quantitative estimate of drug-likeness (QED) is 0.568. The van der Waals surface area contributed by atoms with E-state index in [-0.39, 0.29) is 17.5 Å². The number of fused-ring (bicyclic) bond motifs is 1. The van der Waals surface area contributed by atoms with E-state index in [4.69, 9.17) is 5.73 Å². The lowest BCUT2D eigenvalue weighted by Gasteiger charge is -2.02. The average molecular weight is 284 g/mol. The molecule has 100 valence electrons. The highest BCUT2D eigenvalue weighted by Crippen LogP contribution is 2.19. The minimum atomic E-state index is 0.0455. The molecule has 0 saturated carbocycles. The molecule has 6 heteroatoms. The van der Waals surface area contributed by atoms with Gasteiger partial charge in [0, 0.05) is 5.56 Å². The summed E-state index contributed by atoms with van der Waals surface area (Å²) in [5, 5.41) is 9.09. The average Bonchev–Trinajstić information content (AvgIpc) is 2.90. The van der Waals surface area contributed by atoms with Crippen molar-refractivity contribution in [2.24, 2.45) is 0 Å². The van der Waals surface area contributed by atoms with Crippen molar-refractivity contribution in [1.29, 1.82) is 0 Å². The summed E-state index contributed by atoms with van der Waals surface area (Å²) in [6.07, 6.45) is 0. The van der Waals surface area contributed by atoms with Gasteiger partial charge in [0.2, 0.25) is 11.1 Å². The lowest BCUT2D eigenvalue weighted by atomic mass is 10.1. The maximum absolute atomic E-state index is 12.2. The van der Waals surface area contributed by atoms with Gasteiger partial charge < -0.3 is 5.73 Å². The van der Waals surface area contributed by atoms with Gasteiger partial charge in [0.1, 0.15) is 0 Å². The summed E-state index contributed by atoms with van der Waals surface area (Å²) in [6.45, 7) is 0. The van der Waals surface area contributed by atoms with Crippen LogP contribution in [0.15, 0.2) is 47.6 Å². The molecule has 0 aliphatic carbocycles. The molecule has 0 radical (unpaired) electrons. The first-order valence-electron chi connectivity index (χ1n) is 6.05. The number of nitrogen functional groups attached to an aromatic ring is 1. The molecule has 0 fully saturated rings. The van der Waals surface area contributed by atoms with Gasteiger partial charge in [-0.05, 0) is 16.8 Å². The van der Waals surface area contributed by atoms with E-state index in [9.17, 15) is 4.79 Å². The first kappa shape index (κ1) is 12.7. The van der Waals surface area contributed by atoms with Crippen molar-refractivity contribution in [3.8, 4) is 0 Å². The summed E-state index contributed by atoms with van der Waals surface area (Å²) in [5.41, 5.74) is 6.13. The minimum absolute atomic E-state index is 0.0455. The molecule has 2 aromatic carbocycles. The first-order chi connectivity index (χ1) is 9.72. The zero-order valence-corrected chi connectivity index (χ0v) is 11.4. The van der Waals surface area contributed by atoms with E-state index in [0.717, 1.165) is 10.8 Å². The largest absolute Gasteiger partial charge is 0.368 e. The van der Waals surface area contributed by atoms with Crippen LogP contribution in [0.2, 0.25) is 0 Å². The second-order valence-electron chi connectivity index (χ2n) is 4.28. The van der Waals surface area contributed by atoms with Crippen molar-refractivity contribution in [1.82, 2.24) is 15.2 Å². The molecule has 0 aliphatic rings. The Bertz CT molecular complexity index is 768. The molecule has 3 rings (SSSR count). The molecular weight excluding hydrogens is 272 g/mol. The summed E-state index contributed by atoms with van der Waals surface area (Å²) in [7, 11) is 0. The predicted molar refractivity (Wildman–Crippen MR) is 79.8 cm³/mol. The van der Waals surface area contributed by atoms with Crippen molar-refractivity contribution >= 4 is 34.3 Å². The number of ketones is 1. The normalized spacial score (nSPS) is 10.8. The number of carbonyl (C=O) groups is 1. The monoisotopic (exact) mass is 284 g/mol. The van der Waals surface area contributed by atoms with Crippen LogP contribution in [0.5, 0.6) is 0 Å². The molecule has 0 unspecified atom stereocenters. The third kappa shape index (κ3) is 2.65. The zero-order chi connectivity index (χ0) is 13.9. The summed E-state index contributed by atoms with van der Waals surface area (Å²) in [6, 6.07) is 13.7. The smallest absolute Gasteiger partial charge is 0.216 e. The van der Waals surface area contributed by atoms with E-state index in [2.05, 4.69) is 15.2 Å². The number of aromatic nitrogens is 3. The van der Waals surface area contributed by atoms with Crippen molar-refractivity contribution in [2.45, 2.75) is 5.16 Å². The number of rotatable bonds is 4. The zero-order valence-electron chi connectivity index (χ0n) is 10.5. The molecule has 0 aliphatic heterocycles. The number of Topliss-reactive ketones (excluding diaryl/α,β-unsaturated/α-hetero) is 1. The topological polar surface area (TPSA) is 84.7 Å². The minimum Gasteiger partial charge on any atom is -0.368 e. The van der Waals surface area contributed by atoms with E-state index < -0.39 is 0 Å². The van der Waals surface area contributed by atoms with E-state index in [1.54, 1.807) is 0 Å². The van der Waals surface area contributed by atoms with E-state index in [1.807, 2.05) is 42.5 Å². The Morgan fingerprint density at radius 2 is 2.00 bits per heavy atom. The van der Waals surface area contributed by atoms with Crippen LogP contribution in [0.25, 0.3) is 10.8 Å². The van der Waals surface area contributed by atoms with E-state index in [1.165, 1.54) is 11.8 Å². The van der Waals surface area contributed by atoms with Gasteiger partial charge in [-0.1, -0.05) is 48.2 Å². The van der Waals surface area contributed by atoms with Gasteiger partial charge >= 0.3 is 0 Å². The van der Waals surface area contributed by atoms with Crippen LogP contribution in [-0.2, 0) is 0 Å². The highest BCUT2D eigenvalue weighted by molar-refractivity contribution is 7.99. The molecule has 20 heavy (non-hydrogen) atoms. The fourth-order valence-corrected chi connectivity index (χ4v) is 2.60. The number of aromatic amines is 1. The van der Waals surface area contributed by atoms with Gasteiger partial charge in [-0.2, -0.15) is 4.98 Å². The molecule has 1 heterocycles. The molecule has 3 N–H and O–H groups in total. The Labute approximate surface area is 119 Å². The lowest BCUT2D eigenvalue weighted by Crippen LogP contribution is -2.02. The fourth-order valence-electron chi connectivity index (χ4n) is 1.90. The third-order valence-electron chi connectivity index (χ3n) is 2.89. The van der Waals surface area contributed by atoms with Gasteiger partial charge in [0.15, 0.2) is 5.78 Å². The molecule has 0 amide bonds. The number of H-pyrrole nitrogens is 1. The summed E-state index contributed by atoms with van der Waals surface area (Å²) in [4.78, 5) is 16.1. The molecule has 0 spiro atoms. The predicted octanol–water partition coefficient (Wildman–Crippen LogP) is 2.52. The molecule has 3 aromatic rings. The molecule has 0 saturated heterocycles. The molecule has 1 aromatic heterocycles. The number of anilines is 1. The maximum Gasteiger partial charge on any atom is 0.216 e. The lowest BCUT2D eigenvalue weighted by molar-refractivity contribution is 0.102. The summed E-state index contributed by atoms with van der Waals surface area (Å²) < 4.78 is 0. The standard InChI is InChI=1S/C14H12N4OS/c15-13-16-14(18-17-13)20-8-12(19)11-6-5-9-3-1-2-4-10(9)7-11/h1-7H,8H2,(H3,15,16,17,18). The number of benzene rings is 2. The second kappa shape index (κ2) is 5.34. The second-order valence-corrected chi connectivity index (χ2v) is 5.22. The van der Waals surface area contributed by atoms with Crippen LogP contribution in [0, 0.1) is 0 Å². The van der Waals surface area contributed by atoms with Crippen LogP contribution < -0.4 is 5.73 Å². The molecular formula is C14H12N4OS. The van der Waals surface area contributed by atoms with Crippen molar-refractivity contribution in [2.75, 3.05) is 11.5 Å². The Morgan fingerprint density at radius 3 is 2.75 bits per heavy atom. The highest BCUT2D eigenvalue weighted by atomic mass is 32.2. The number of hydrogen-bond acceptors (Lipinski definition) is 5. The van der Waals surface area contributed by atoms with Crippen LogP contribution in [0.4, 0.5) is 5.95 Å². The molecule has 0 bridgehead atoms. The Hall–Kier alpha value is -2.34. The Morgan fingerprint density at radius 1 is 1.20 bits per heavy atom. The number of thioether (sulfide) groups is 1. The highest BCUT2D eigenvalue weighted by Gasteiger charge is 2.09. The van der Waals surface area contributed by atoms with Gasteiger partial charge in [-0.25, -0.2) is 5.10 Å². The number of nitrogens with two attached hydrogens (primary N) is 1. The SMILES string of the molecule is Nc1nc(SCC(=O)c2ccc3ccccc3c2)n[nH]1. The van der Waals surface area contributed by atoms with Gasteiger partial charge in [-0.15, -0.1) is 5.10 Å². The summed E-state index contributed by atoms with van der Waals surface area (Å²) in [5.74, 6) is 0.588. The molecule has 5 nitrogen and oxygen atoms in total. The van der Waals surface area contributed by atoms with E-state index >= 15 is 0 Å². The summed E-state index contributed by atoms with van der Waals surface area (Å²) >= 11 is 1.27. The van der Waals surface area contributed by atoms with Crippen molar-refractivity contribution in [3.05, 3.63) is 48.0 Å². The molecule has 0 atom stereocenters. The number of nitrogens with one attached hydrogen (secondary N) is 1.